The first-order valence-electron chi connectivity index (χ1n) is 6.37. The average molecular weight is 242 g/mol. The van der Waals surface area contributed by atoms with Crippen LogP contribution in [-0.4, -0.2) is 26.7 Å². The quantitative estimate of drug-likeness (QED) is 0.864. The molecule has 18 heavy (non-hydrogen) atoms. The van der Waals surface area contributed by atoms with Crippen LogP contribution in [0, 0.1) is 5.92 Å². The van der Waals surface area contributed by atoms with Gasteiger partial charge < -0.3 is 15.4 Å². The molecule has 0 radical (unpaired) electrons. The number of hydrogen-bond acceptors (Lipinski definition) is 3. The van der Waals surface area contributed by atoms with Crippen molar-refractivity contribution in [3.63, 3.8) is 0 Å². The molecule has 0 spiro atoms. The Bertz CT molecular complexity index is 549. The Balaban J connectivity index is 1.77. The largest absolute Gasteiger partial charge is 0.497 e. The van der Waals surface area contributed by atoms with E-state index in [9.17, 15) is 0 Å². The molecule has 1 fully saturated rings. The van der Waals surface area contributed by atoms with E-state index in [1.807, 2.05) is 6.07 Å². The molecule has 1 aliphatic rings. The molecule has 0 unspecified atom stereocenters. The zero-order valence-electron chi connectivity index (χ0n) is 10.6. The van der Waals surface area contributed by atoms with Crippen molar-refractivity contribution in [1.29, 1.82) is 0 Å². The zero-order chi connectivity index (χ0) is 12.4. The molecule has 0 atom stereocenters. The van der Waals surface area contributed by atoms with E-state index >= 15 is 0 Å². The zero-order valence-corrected chi connectivity index (χ0v) is 10.6. The van der Waals surface area contributed by atoms with Gasteiger partial charge in [-0.2, -0.15) is 0 Å². The van der Waals surface area contributed by atoms with E-state index in [1.165, 1.54) is 16.5 Å². The van der Waals surface area contributed by atoms with Crippen LogP contribution in [0.5, 0.6) is 5.75 Å². The van der Waals surface area contributed by atoms with Crippen LogP contribution >= 0.6 is 0 Å². The number of methoxy groups -OCH3 is 1. The fraction of sp³-hybridized carbons (Fsp3) is 0.333. The lowest BCUT2D eigenvalue weighted by atomic mass is 10.0. The van der Waals surface area contributed by atoms with Crippen LogP contribution in [-0.2, 0) is 0 Å². The molecule has 0 aromatic heterocycles. The Labute approximate surface area is 107 Å². The number of ether oxygens (including phenoxy) is 1. The smallest absolute Gasteiger partial charge is 0.119 e. The Morgan fingerprint density at radius 2 is 1.94 bits per heavy atom. The van der Waals surface area contributed by atoms with Crippen LogP contribution in [0.4, 0.5) is 5.69 Å². The number of benzene rings is 2. The minimum atomic E-state index is 0.775. The maximum Gasteiger partial charge on any atom is 0.119 e. The molecule has 3 rings (SSSR count). The fourth-order valence-electron chi connectivity index (χ4n) is 2.22. The van der Waals surface area contributed by atoms with Crippen LogP contribution < -0.4 is 15.4 Å². The topological polar surface area (TPSA) is 33.3 Å². The van der Waals surface area contributed by atoms with E-state index in [0.717, 1.165) is 31.3 Å². The van der Waals surface area contributed by atoms with E-state index in [2.05, 4.69) is 41.0 Å². The molecule has 1 aliphatic heterocycles. The first-order chi connectivity index (χ1) is 8.85. The van der Waals surface area contributed by atoms with Crippen molar-refractivity contribution in [3.05, 3.63) is 36.4 Å². The van der Waals surface area contributed by atoms with Gasteiger partial charge in [-0.3, -0.25) is 0 Å². The molecule has 0 saturated carbocycles. The summed E-state index contributed by atoms with van der Waals surface area (Å²) >= 11 is 0. The Kier molecular flexibility index (Phi) is 3.07. The summed E-state index contributed by atoms with van der Waals surface area (Å²) in [5, 5.41) is 9.24. The van der Waals surface area contributed by atoms with Gasteiger partial charge in [-0.1, -0.05) is 12.1 Å². The van der Waals surface area contributed by atoms with E-state index in [1.54, 1.807) is 7.11 Å². The second kappa shape index (κ2) is 4.86. The number of rotatable bonds is 4. The van der Waals surface area contributed by atoms with Crippen molar-refractivity contribution in [1.82, 2.24) is 5.32 Å². The molecule has 2 aromatic rings. The highest BCUT2D eigenvalue weighted by atomic mass is 16.5. The first-order valence-corrected chi connectivity index (χ1v) is 6.37. The predicted octanol–water partition coefficient (Wildman–Crippen LogP) is 2.48. The molecule has 1 heterocycles. The summed E-state index contributed by atoms with van der Waals surface area (Å²) in [6.07, 6.45) is 0. The SMILES string of the molecule is COc1ccc2cc(NCC3CNC3)ccc2c1. The standard InChI is InChI=1S/C15H18N2O/c1-18-15-5-3-12-6-14(4-2-13(12)7-15)17-10-11-8-16-9-11/h2-7,11,16-17H,8-10H2,1H3. The molecule has 0 bridgehead atoms. The van der Waals surface area contributed by atoms with Crippen molar-refractivity contribution in [2.24, 2.45) is 5.92 Å². The minimum Gasteiger partial charge on any atom is -0.497 e. The third-order valence-electron chi connectivity index (χ3n) is 3.51. The van der Waals surface area contributed by atoms with Gasteiger partial charge in [-0.25, -0.2) is 0 Å². The number of nitrogens with one attached hydrogen (secondary N) is 2. The molecular formula is C15H18N2O. The highest BCUT2D eigenvalue weighted by molar-refractivity contribution is 5.86. The lowest BCUT2D eigenvalue weighted by Crippen LogP contribution is -2.45. The first kappa shape index (κ1) is 11.4. The molecule has 2 aromatic carbocycles. The Morgan fingerprint density at radius 1 is 1.17 bits per heavy atom. The van der Waals surface area contributed by atoms with Gasteiger partial charge in [0.25, 0.3) is 0 Å². The number of hydrogen-bond donors (Lipinski definition) is 2. The highest BCUT2D eigenvalue weighted by Crippen LogP contribution is 2.23. The third-order valence-corrected chi connectivity index (χ3v) is 3.51. The van der Waals surface area contributed by atoms with Gasteiger partial charge in [0.15, 0.2) is 0 Å². The second-order valence-electron chi connectivity index (χ2n) is 4.83. The molecular weight excluding hydrogens is 224 g/mol. The maximum absolute atomic E-state index is 5.23. The lowest BCUT2D eigenvalue weighted by Gasteiger charge is -2.27. The summed E-state index contributed by atoms with van der Waals surface area (Å²) in [4.78, 5) is 0. The fourth-order valence-corrected chi connectivity index (χ4v) is 2.22. The Hall–Kier alpha value is -1.74. The van der Waals surface area contributed by atoms with Crippen molar-refractivity contribution in [2.45, 2.75) is 0 Å². The van der Waals surface area contributed by atoms with Gasteiger partial charge in [-0.15, -0.1) is 0 Å². The molecule has 3 heteroatoms. The van der Waals surface area contributed by atoms with Crippen molar-refractivity contribution in [3.8, 4) is 5.75 Å². The van der Waals surface area contributed by atoms with E-state index in [4.69, 9.17) is 4.74 Å². The molecule has 0 aliphatic carbocycles. The number of fused-ring (bicyclic) bond motifs is 1. The van der Waals surface area contributed by atoms with Gasteiger partial charge in [0.1, 0.15) is 5.75 Å². The highest BCUT2D eigenvalue weighted by Gasteiger charge is 2.15. The predicted molar refractivity (Wildman–Crippen MR) is 75.3 cm³/mol. The summed E-state index contributed by atoms with van der Waals surface area (Å²) in [6, 6.07) is 12.6. The minimum absolute atomic E-state index is 0.775. The van der Waals surface area contributed by atoms with Crippen molar-refractivity contribution >= 4 is 16.5 Å². The normalized spacial score (nSPS) is 15.4. The van der Waals surface area contributed by atoms with Crippen LogP contribution in [0.1, 0.15) is 0 Å². The summed E-state index contributed by atoms with van der Waals surface area (Å²) < 4.78 is 5.23. The maximum atomic E-state index is 5.23. The van der Waals surface area contributed by atoms with E-state index < -0.39 is 0 Å². The van der Waals surface area contributed by atoms with Crippen molar-refractivity contribution < 1.29 is 4.74 Å². The van der Waals surface area contributed by atoms with Crippen molar-refractivity contribution in [2.75, 3.05) is 32.1 Å². The average Bonchev–Trinajstić information content (AvgIpc) is 2.36. The van der Waals surface area contributed by atoms with Crippen LogP contribution in [0.15, 0.2) is 36.4 Å². The molecule has 94 valence electrons. The molecule has 2 N–H and O–H groups in total. The van der Waals surface area contributed by atoms with E-state index in [-0.39, 0.29) is 0 Å². The second-order valence-corrected chi connectivity index (χ2v) is 4.83. The van der Waals surface area contributed by atoms with Crippen LogP contribution in [0.2, 0.25) is 0 Å². The number of anilines is 1. The third kappa shape index (κ3) is 2.27. The summed E-state index contributed by atoms with van der Waals surface area (Å²) in [6.45, 7) is 3.32. The summed E-state index contributed by atoms with van der Waals surface area (Å²) in [5.41, 5.74) is 1.19. The van der Waals surface area contributed by atoms with Crippen LogP contribution in [0.25, 0.3) is 10.8 Å². The van der Waals surface area contributed by atoms with Crippen LogP contribution in [0.3, 0.4) is 0 Å². The van der Waals surface area contributed by atoms with Gasteiger partial charge in [0, 0.05) is 31.2 Å². The van der Waals surface area contributed by atoms with Gasteiger partial charge in [0.05, 0.1) is 7.11 Å². The monoisotopic (exact) mass is 242 g/mol. The molecule has 0 amide bonds. The van der Waals surface area contributed by atoms with Gasteiger partial charge >= 0.3 is 0 Å². The van der Waals surface area contributed by atoms with Gasteiger partial charge in [-0.05, 0) is 35.0 Å². The summed E-state index contributed by atoms with van der Waals surface area (Å²) in [5.74, 6) is 1.68. The summed E-state index contributed by atoms with van der Waals surface area (Å²) in [7, 11) is 1.70. The molecule has 1 saturated heterocycles. The molecule has 3 nitrogen and oxygen atoms in total. The Morgan fingerprint density at radius 3 is 2.67 bits per heavy atom. The lowest BCUT2D eigenvalue weighted by molar-refractivity contribution is 0.365. The van der Waals surface area contributed by atoms with E-state index in [0.29, 0.717) is 0 Å². The van der Waals surface area contributed by atoms with Gasteiger partial charge in [0.2, 0.25) is 0 Å².